The Kier molecular flexibility index (Phi) is 5.33. The molecule has 1 aliphatic carbocycles. The first-order valence-corrected chi connectivity index (χ1v) is 8.51. The monoisotopic (exact) mass is 338 g/mol. The standard InChI is InChI=1S/C20H22N2O3/c1-25-18-12-5-4-10-16(18)20(24)21-13-19(23)22-17-11-6-8-14-7-2-3-9-15(14)17/h4-6,8,10-12H,2-3,7,9,13H2,1H3,(H,21,24)(H,22,23). The Hall–Kier alpha value is -2.82. The molecule has 3 rings (SSSR count). The summed E-state index contributed by atoms with van der Waals surface area (Å²) in [5, 5.41) is 5.56. The lowest BCUT2D eigenvalue weighted by Gasteiger charge is -2.19. The Balaban J connectivity index is 1.61. The molecular formula is C20H22N2O3. The molecule has 0 aromatic heterocycles. The number of fused-ring (bicyclic) bond motifs is 1. The maximum Gasteiger partial charge on any atom is 0.255 e. The highest BCUT2D eigenvalue weighted by atomic mass is 16.5. The van der Waals surface area contributed by atoms with E-state index in [0.29, 0.717) is 11.3 Å². The van der Waals surface area contributed by atoms with Crippen molar-refractivity contribution in [2.24, 2.45) is 0 Å². The van der Waals surface area contributed by atoms with E-state index in [-0.39, 0.29) is 18.4 Å². The summed E-state index contributed by atoms with van der Waals surface area (Å²) in [7, 11) is 1.51. The molecule has 0 bridgehead atoms. The maximum atomic E-state index is 12.2. The number of benzene rings is 2. The number of carbonyl (C=O) groups is 2. The van der Waals surface area contributed by atoms with Crippen LogP contribution in [0, 0.1) is 0 Å². The minimum Gasteiger partial charge on any atom is -0.496 e. The molecule has 2 N–H and O–H groups in total. The lowest BCUT2D eigenvalue weighted by Crippen LogP contribution is -2.33. The van der Waals surface area contributed by atoms with Crippen molar-refractivity contribution in [3.8, 4) is 5.75 Å². The largest absolute Gasteiger partial charge is 0.496 e. The molecule has 5 heteroatoms. The molecule has 0 aliphatic heterocycles. The first-order valence-electron chi connectivity index (χ1n) is 8.51. The highest BCUT2D eigenvalue weighted by Gasteiger charge is 2.16. The number of nitrogens with one attached hydrogen (secondary N) is 2. The van der Waals surface area contributed by atoms with Crippen molar-refractivity contribution in [3.63, 3.8) is 0 Å². The van der Waals surface area contributed by atoms with Gasteiger partial charge < -0.3 is 15.4 Å². The van der Waals surface area contributed by atoms with Crippen LogP contribution < -0.4 is 15.4 Å². The topological polar surface area (TPSA) is 67.4 Å². The molecule has 130 valence electrons. The van der Waals surface area contributed by atoms with Gasteiger partial charge in [-0.05, 0) is 55.0 Å². The van der Waals surface area contributed by atoms with Crippen molar-refractivity contribution >= 4 is 17.5 Å². The molecule has 5 nitrogen and oxygen atoms in total. The van der Waals surface area contributed by atoms with Gasteiger partial charge in [-0.25, -0.2) is 0 Å². The van der Waals surface area contributed by atoms with Gasteiger partial charge >= 0.3 is 0 Å². The third-order valence-electron chi connectivity index (χ3n) is 4.43. The van der Waals surface area contributed by atoms with Gasteiger partial charge in [-0.15, -0.1) is 0 Å². The Labute approximate surface area is 147 Å². The van der Waals surface area contributed by atoms with Crippen LogP contribution in [-0.4, -0.2) is 25.5 Å². The van der Waals surface area contributed by atoms with Gasteiger partial charge in [0.1, 0.15) is 5.75 Å². The number of rotatable bonds is 5. The zero-order valence-corrected chi connectivity index (χ0v) is 14.3. The molecule has 0 atom stereocenters. The van der Waals surface area contributed by atoms with E-state index < -0.39 is 0 Å². The van der Waals surface area contributed by atoms with Crippen LogP contribution >= 0.6 is 0 Å². The summed E-state index contributed by atoms with van der Waals surface area (Å²) in [6, 6.07) is 12.9. The first-order chi connectivity index (χ1) is 12.2. The van der Waals surface area contributed by atoms with E-state index in [2.05, 4.69) is 16.7 Å². The molecule has 0 saturated heterocycles. The third kappa shape index (κ3) is 3.99. The highest BCUT2D eigenvalue weighted by Crippen LogP contribution is 2.27. The number of amides is 2. The van der Waals surface area contributed by atoms with Gasteiger partial charge in [-0.1, -0.05) is 24.3 Å². The van der Waals surface area contributed by atoms with Crippen molar-refractivity contribution in [3.05, 3.63) is 59.2 Å². The van der Waals surface area contributed by atoms with Gasteiger partial charge in [0.15, 0.2) is 0 Å². The Bertz CT molecular complexity index is 786. The van der Waals surface area contributed by atoms with Crippen LogP contribution in [0.15, 0.2) is 42.5 Å². The number of carbonyl (C=O) groups excluding carboxylic acids is 2. The minimum atomic E-state index is -0.331. The lowest BCUT2D eigenvalue weighted by atomic mass is 9.90. The molecule has 1 aliphatic rings. The summed E-state index contributed by atoms with van der Waals surface area (Å²) >= 11 is 0. The van der Waals surface area contributed by atoms with Crippen LogP contribution in [0.1, 0.15) is 34.3 Å². The van der Waals surface area contributed by atoms with Gasteiger partial charge in [0.25, 0.3) is 5.91 Å². The average Bonchev–Trinajstić information content (AvgIpc) is 2.66. The van der Waals surface area contributed by atoms with Gasteiger partial charge in [0, 0.05) is 5.69 Å². The van der Waals surface area contributed by atoms with E-state index in [1.54, 1.807) is 24.3 Å². The summed E-state index contributed by atoms with van der Waals surface area (Å²) in [4.78, 5) is 24.5. The fraction of sp³-hybridized carbons (Fsp3) is 0.300. The second-order valence-electron chi connectivity index (χ2n) is 6.08. The van der Waals surface area contributed by atoms with Crippen molar-refractivity contribution in [2.45, 2.75) is 25.7 Å². The van der Waals surface area contributed by atoms with Crippen molar-refractivity contribution in [1.82, 2.24) is 5.32 Å². The van der Waals surface area contributed by atoms with Gasteiger partial charge in [-0.2, -0.15) is 0 Å². The van der Waals surface area contributed by atoms with Crippen molar-refractivity contribution in [1.29, 1.82) is 0 Å². The predicted octanol–water partition coefficient (Wildman–Crippen LogP) is 2.94. The summed E-state index contributed by atoms with van der Waals surface area (Å²) in [5.74, 6) is -0.0811. The van der Waals surface area contributed by atoms with Gasteiger partial charge in [-0.3, -0.25) is 9.59 Å². The maximum absolute atomic E-state index is 12.2. The molecule has 2 aromatic rings. The Morgan fingerprint density at radius 3 is 2.68 bits per heavy atom. The van der Waals surface area contributed by atoms with Crippen LogP contribution in [-0.2, 0) is 17.6 Å². The van der Waals surface area contributed by atoms with E-state index >= 15 is 0 Å². The molecule has 0 spiro atoms. The molecule has 0 unspecified atom stereocenters. The molecule has 0 radical (unpaired) electrons. The number of anilines is 1. The number of ether oxygens (including phenoxy) is 1. The number of hydrogen-bond acceptors (Lipinski definition) is 3. The molecule has 0 fully saturated rings. The van der Waals surface area contributed by atoms with Crippen LogP contribution in [0.4, 0.5) is 5.69 Å². The van der Waals surface area contributed by atoms with E-state index in [1.807, 2.05) is 12.1 Å². The third-order valence-corrected chi connectivity index (χ3v) is 4.43. The second kappa shape index (κ2) is 7.83. The van der Waals surface area contributed by atoms with Crippen molar-refractivity contribution in [2.75, 3.05) is 19.0 Å². The van der Waals surface area contributed by atoms with E-state index in [4.69, 9.17) is 4.74 Å². The number of hydrogen-bond donors (Lipinski definition) is 2. The SMILES string of the molecule is COc1ccccc1C(=O)NCC(=O)Nc1cccc2c1CCCC2. The zero-order chi connectivity index (χ0) is 17.6. The summed E-state index contributed by atoms with van der Waals surface area (Å²) in [6.45, 7) is -0.0828. The van der Waals surface area contributed by atoms with Gasteiger partial charge in [0.05, 0.1) is 19.2 Å². The first kappa shape index (κ1) is 17.0. The van der Waals surface area contributed by atoms with E-state index in [9.17, 15) is 9.59 Å². The molecule has 0 heterocycles. The van der Waals surface area contributed by atoms with Crippen LogP contribution in [0.3, 0.4) is 0 Å². The van der Waals surface area contributed by atoms with E-state index in [0.717, 1.165) is 24.9 Å². The fourth-order valence-corrected chi connectivity index (χ4v) is 3.18. The Morgan fingerprint density at radius 1 is 1.04 bits per heavy atom. The molecule has 2 amide bonds. The summed E-state index contributed by atoms with van der Waals surface area (Å²) in [5.41, 5.74) is 3.80. The highest BCUT2D eigenvalue weighted by molar-refractivity contribution is 6.01. The number of aryl methyl sites for hydroxylation is 1. The zero-order valence-electron chi connectivity index (χ0n) is 14.3. The molecular weight excluding hydrogens is 316 g/mol. The molecule has 2 aromatic carbocycles. The van der Waals surface area contributed by atoms with E-state index in [1.165, 1.54) is 24.7 Å². The number of methoxy groups -OCH3 is 1. The fourth-order valence-electron chi connectivity index (χ4n) is 3.18. The second-order valence-corrected chi connectivity index (χ2v) is 6.08. The van der Waals surface area contributed by atoms with Crippen LogP contribution in [0.2, 0.25) is 0 Å². The van der Waals surface area contributed by atoms with Crippen LogP contribution in [0.25, 0.3) is 0 Å². The normalized spacial score (nSPS) is 12.8. The smallest absolute Gasteiger partial charge is 0.255 e. The molecule has 0 saturated carbocycles. The number of para-hydroxylation sites is 1. The average molecular weight is 338 g/mol. The predicted molar refractivity (Wildman–Crippen MR) is 97.0 cm³/mol. The lowest BCUT2D eigenvalue weighted by molar-refractivity contribution is -0.115. The van der Waals surface area contributed by atoms with Crippen LogP contribution in [0.5, 0.6) is 5.75 Å². The summed E-state index contributed by atoms with van der Waals surface area (Å²) in [6.07, 6.45) is 4.38. The van der Waals surface area contributed by atoms with Gasteiger partial charge in [0.2, 0.25) is 5.91 Å². The minimum absolute atomic E-state index is 0.0828. The summed E-state index contributed by atoms with van der Waals surface area (Å²) < 4.78 is 5.17. The van der Waals surface area contributed by atoms with Crippen molar-refractivity contribution < 1.29 is 14.3 Å². The Morgan fingerprint density at radius 2 is 1.84 bits per heavy atom. The quantitative estimate of drug-likeness (QED) is 0.881. The molecule has 25 heavy (non-hydrogen) atoms.